The smallest absolute Gasteiger partial charge is 0.0376 e. The van der Waals surface area contributed by atoms with Gasteiger partial charge in [-0.1, -0.05) is 31.0 Å². The van der Waals surface area contributed by atoms with Crippen LogP contribution in [0.5, 0.6) is 0 Å². The van der Waals surface area contributed by atoms with E-state index in [9.17, 15) is 0 Å². The number of aryl methyl sites for hydroxylation is 3. The van der Waals surface area contributed by atoms with Crippen LogP contribution in [0.4, 0.5) is 5.69 Å². The molecule has 1 rings (SSSR count). The molecule has 13 heavy (non-hydrogen) atoms. The first-order chi connectivity index (χ1) is 6.15. The van der Waals surface area contributed by atoms with E-state index in [2.05, 4.69) is 32.9 Å². The number of hydrogen-bond donors (Lipinski definition) is 1. The normalized spacial score (nSPS) is 10.4. The topological polar surface area (TPSA) is 26.0 Å². The van der Waals surface area contributed by atoms with Gasteiger partial charge in [-0.05, 0) is 37.8 Å². The van der Waals surface area contributed by atoms with Crippen molar-refractivity contribution in [2.75, 3.05) is 5.73 Å². The van der Waals surface area contributed by atoms with Crippen molar-refractivity contribution in [3.63, 3.8) is 0 Å². The third-order valence-electron chi connectivity index (χ3n) is 2.42. The highest BCUT2D eigenvalue weighted by atomic mass is 14.6. The van der Waals surface area contributed by atoms with Gasteiger partial charge in [-0.15, -0.1) is 0 Å². The molecule has 1 heteroatoms. The van der Waals surface area contributed by atoms with Gasteiger partial charge in [-0.2, -0.15) is 0 Å². The summed E-state index contributed by atoms with van der Waals surface area (Å²) in [5.41, 5.74) is 10.8. The van der Waals surface area contributed by atoms with Gasteiger partial charge in [0.2, 0.25) is 0 Å². The Morgan fingerprint density at radius 2 is 1.92 bits per heavy atom. The van der Waals surface area contributed by atoms with E-state index in [-0.39, 0.29) is 0 Å². The Labute approximate surface area is 81.0 Å². The molecule has 72 valence electrons. The number of anilines is 1. The average Bonchev–Trinajstić information content (AvgIpc) is 2.09. The van der Waals surface area contributed by atoms with Crippen LogP contribution in [0.3, 0.4) is 0 Å². The zero-order valence-electron chi connectivity index (χ0n) is 8.85. The molecule has 0 bridgehead atoms. The third kappa shape index (κ3) is 2.48. The fraction of sp³-hybridized carbons (Fsp3) is 0.500. The summed E-state index contributed by atoms with van der Waals surface area (Å²) < 4.78 is 0. The summed E-state index contributed by atoms with van der Waals surface area (Å²) in [6.45, 7) is 6.42. The van der Waals surface area contributed by atoms with Crippen LogP contribution in [-0.2, 0) is 6.42 Å². The molecule has 0 aliphatic rings. The number of nitrogens with two attached hydrogens (primary N) is 1. The Kier molecular flexibility index (Phi) is 3.35. The molecule has 0 amide bonds. The van der Waals surface area contributed by atoms with Crippen LogP contribution in [0.15, 0.2) is 12.1 Å². The standard InChI is InChI=1S/C12H19N/c1-4-5-6-11-8-9(2)7-10(3)12(11)13/h7-8H,4-6,13H2,1-3H3. The summed E-state index contributed by atoms with van der Waals surface area (Å²) in [6, 6.07) is 4.35. The molecule has 0 aliphatic carbocycles. The number of rotatable bonds is 3. The Balaban J connectivity index is 2.92. The highest BCUT2D eigenvalue weighted by Crippen LogP contribution is 2.20. The van der Waals surface area contributed by atoms with Crippen LogP contribution in [0.25, 0.3) is 0 Å². The molecule has 1 nitrogen and oxygen atoms in total. The lowest BCUT2D eigenvalue weighted by Crippen LogP contribution is -1.98. The second-order valence-corrected chi connectivity index (χ2v) is 3.76. The second kappa shape index (κ2) is 4.31. The predicted molar refractivity (Wildman–Crippen MR) is 58.9 cm³/mol. The minimum atomic E-state index is 0.985. The van der Waals surface area contributed by atoms with E-state index in [1.165, 1.54) is 29.5 Å². The molecule has 1 aromatic carbocycles. The van der Waals surface area contributed by atoms with Gasteiger partial charge >= 0.3 is 0 Å². The molecule has 0 saturated heterocycles. The average molecular weight is 177 g/mol. The minimum absolute atomic E-state index is 0.985. The largest absolute Gasteiger partial charge is 0.398 e. The minimum Gasteiger partial charge on any atom is -0.398 e. The number of benzene rings is 1. The predicted octanol–water partition coefficient (Wildman–Crippen LogP) is 3.23. The van der Waals surface area contributed by atoms with Crippen LogP contribution in [0.2, 0.25) is 0 Å². The van der Waals surface area contributed by atoms with Gasteiger partial charge in [-0.25, -0.2) is 0 Å². The van der Waals surface area contributed by atoms with Gasteiger partial charge in [0, 0.05) is 5.69 Å². The molecule has 0 heterocycles. The first-order valence-corrected chi connectivity index (χ1v) is 5.00. The Hall–Kier alpha value is -0.980. The van der Waals surface area contributed by atoms with Crippen LogP contribution in [-0.4, -0.2) is 0 Å². The quantitative estimate of drug-likeness (QED) is 0.705. The van der Waals surface area contributed by atoms with Gasteiger partial charge in [0.25, 0.3) is 0 Å². The molecule has 1 aromatic rings. The summed E-state index contributed by atoms with van der Waals surface area (Å²) in [5.74, 6) is 0. The zero-order chi connectivity index (χ0) is 9.84. The van der Waals surface area contributed by atoms with E-state index in [1.807, 2.05) is 0 Å². The Morgan fingerprint density at radius 1 is 1.23 bits per heavy atom. The van der Waals surface area contributed by atoms with Crippen molar-refractivity contribution in [2.45, 2.75) is 40.0 Å². The third-order valence-corrected chi connectivity index (χ3v) is 2.42. The molecule has 2 N–H and O–H groups in total. The molecule has 0 aromatic heterocycles. The van der Waals surface area contributed by atoms with Gasteiger partial charge in [0.05, 0.1) is 0 Å². The summed E-state index contributed by atoms with van der Waals surface area (Å²) in [5, 5.41) is 0. The molecular weight excluding hydrogens is 158 g/mol. The Morgan fingerprint density at radius 3 is 2.54 bits per heavy atom. The maximum Gasteiger partial charge on any atom is 0.0376 e. The van der Waals surface area contributed by atoms with Gasteiger partial charge in [0.1, 0.15) is 0 Å². The van der Waals surface area contributed by atoms with E-state index >= 15 is 0 Å². The van der Waals surface area contributed by atoms with Crippen LogP contribution in [0.1, 0.15) is 36.5 Å². The van der Waals surface area contributed by atoms with E-state index < -0.39 is 0 Å². The van der Waals surface area contributed by atoms with E-state index in [0.29, 0.717) is 0 Å². The highest BCUT2D eigenvalue weighted by molar-refractivity contribution is 5.54. The van der Waals surface area contributed by atoms with Crippen LogP contribution in [0, 0.1) is 13.8 Å². The number of nitrogen functional groups attached to an aromatic ring is 1. The van der Waals surface area contributed by atoms with Crippen molar-refractivity contribution in [1.82, 2.24) is 0 Å². The molecule has 0 spiro atoms. The SMILES string of the molecule is CCCCc1cc(C)cc(C)c1N. The molecule has 0 fully saturated rings. The lowest BCUT2D eigenvalue weighted by molar-refractivity contribution is 0.795. The van der Waals surface area contributed by atoms with Gasteiger partial charge in [-0.3, -0.25) is 0 Å². The Bertz CT molecular complexity index is 289. The monoisotopic (exact) mass is 177 g/mol. The molecular formula is C12H19N. The molecule has 0 radical (unpaired) electrons. The number of unbranched alkanes of at least 4 members (excludes halogenated alkanes) is 1. The summed E-state index contributed by atoms with van der Waals surface area (Å²) in [6.07, 6.45) is 3.57. The molecule has 0 unspecified atom stereocenters. The van der Waals surface area contributed by atoms with E-state index in [4.69, 9.17) is 5.73 Å². The molecule has 0 saturated carbocycles. The lowest BCUT2D eigenvalue weighted by atomic mass is 10.0. The zero-order valence-corrected chi connectivity index (χ0v) is 8.85. The van der Waals surface area contributed by atoms with Gasteiger partial charge < -0.3 is 5.73 Å². The van der Waals surface area contributed by atoms with Crippen molar-refractivity contribution in [3.8, 4) is 0 Å². The van der Waals surface area contributed by atoms with E-state index in [0.717, 1.165) is 12.1 Å². The number of hydrogen-bond acceptors (Lipinski definition) is 1. The second-order valence-electron chi connectivity index (χ2n) is 3.76. The first-order valence-electron chi connectivity index (χ1n) is 5.00. The fourth-order valence-corrected chi connectivity index (χ4v) is 1.64. The van der Waals surface area contributed by atoms with Crippen molar-refractivity contribution in [2.24, 2.45) is 0 Å². The first kappa shape index (κ1) is 10.1. The van der Waals surface area contributed by atoms with Crippen molar-refractivity contribution >= 4 is 5.69 Å². The summed E-state index contributed by atoms with van der Waals surface area (Å²) in [4.78, 5) is 0. The van der Waals surface area contributed by atoms with Gasteiger partial charge in [0.15, 0.2) is 0 Å². The highest BCUT2D eigenvalue weighted by Gasteiger charge is 2.02. The summed E-state index contributed by atoms with van der Waals surface area (Å²) in [7, 11) is 0. The molecule has 0 aliphatic heterocycles. The maximum absolute atomic E-state index is 5.99. The van der Waals surface area contributed by atoms with Crippen LogP contribution < -0.4 is 5.73 Å². The lowest BCUT2D eigenvalue weighted by Gasteiger charge is -2.09. The molecule has 0 atom stereocenters. The van der Waals surface area contributed by atoms with Crippen molar-refractivity contribution in [1.29, 1.82) is 0 Å². The van der Waals surface area contributed by atoms with Crippen molar-refractivity contribution in [3.05, 3.63) is 28.8 Å². The van der Waals surface area contributed by atoms with Crippen molar-refractivity contribution < 1.29 is 0 Å². The summed E-state index contributed by atoms with van der Waals surface area (Å²) >= 11 is 0. The fourth-order valence-electron chi connectivity index (χ4n) is 1.64. The van der Waals surface area contributed by atoms with Crippen LogP contribution >= 0.6 is 0 Å². The maximum atomic E-state index is 5.99. The van der Waals surface area contributed by atoms with E-state index in [1.54, 1.807) is 0 Å².